The lowest BCUT2D eigenvalue weighted by Gasteiger charge is -2.37. The van der Waals surface area contributed by atoms with Crippen LogP contribution in [0.1, 0.15) is 40.5 Å². The van der Waals surface area contributed by atoms with E-state index in [1.807, 2.05) is 27.7 Å². The molecule has 0 aromatic carbocycles. The molecule has 2 heterocycles. The van der Waals surface area contributed by atoms with Crippen molar-refractivity contribution in [1.29, 1.82) is 0 Å². The summed E-state index contributed by atoms with van der Waals surface area (Å²) in [5.74, 6) is 0.101. The van der Waals surface area contributed by atoms with Crippen molar-refractivity contribution < 1.29 is 28.8 Å². The number of ketones is 1. The lowest BCUT2D eigenvalue weighted by Crippen LogP contribution is -2.59. The van der Waals surface area contributed by atoms with Crippen molar-refractivity contribution in [1.82, 2.24) is 0 Å². The molecule has 3 fully saturated rings. The van der Waals surface area contributed by atoms with E-state index in [4.69, 9.17) is 18.9 Å². The molecule has 4 rings (SSSR count). The van der Waals surface area contributed by atoms with E-state index in [9.17, 15) is 9.90 Å². The van der Waals surface area contributed by atoms with Crippen LogP contribution in [-0.2, 0) is 23.7 Å². The van der Waals surface area contributed by atoms with Gasteiger partial charge >= 0.3 is 0 Å². The van der Waals surface area contributed by atoms with Gasteiger partial charge in [0, 0.05) is 19.1 Å². The van der Waals surface area contributed by atoms with E-state index in [0.29, 0.717) is 13.2 Å². The van der Waals surface area contributed by atoms with Crippen molar-refractivity contribution in [3.8, 4) is 0 Å². The fourth-order valence-electron chi connectivity index (χ4n) is 5.10. The lowest BCUT2D eigenvalue weighted by molar-refractivity contribution is -0.185. The van der Waals surface area contributed by atoms with Crippen LogP contribution in [0.3, 0.4) is 0 Å². The van der Waals surface area contributed by atoms with Gasteiger partial charge in [-0.25, -0.2) is 0 Å². The molecule has 5 atom stereocenters. The van der Waals surface area contributed by atoms with Crippen LogP contribution < -0.4 is 0 Å². The van der Waals surface area contributed by atoms with Crippen LogP contribution in [0.25, 0.3) is 0 Å². The number of rotatable bonds is 4. The Balaban J connectivity index is 1.89. The van der Waals surface area contributed by atoms with Crippen LogP contribution >= 0.6 is 0 Å². The molecule has 6 nitrogen and oxygen atoms in total. The molecule has 1 N–H and O–H groups in total. The van der Waals surface area contributed by atoms with Crippen LogP contribution in [0.4, 0.5) is 0 Å². The largest absolute Gasteiger partial charge is 0.488 e. The molecule has 0 aromatic rings. The normalized spacial score (nSPS) is 43.6. The van der Waals surface area contributed by atoms with E-state index >= 15 is 0 Å². The molecular formula is C18H26O6. The number of Topliss-reactive ketones (excluding diaryl/α,β-unsaturated/α-hetero) is 1. The van der Waals surface area contributed by atoms with Crippen LogP contribution in [-0.4, -0.2) is 53.6 Å². The fraction of sp³-hybridized carbons (Fsp3) is 0.833. The second kappa shape index (κ2) is 5.19. The maximum Gasteiger partial charge on any atom is 0.236 e. The Hall–Kier alpha value is -1.11. The molecule has 2 aliphatic carbocycles. The highest BCUT2D eigenvalue weighted by Gasteiger charge is 2.82. The smallest absolute Gasteiger partial charge is 0.236 e. The van der Waals surface area contributed by atoms with Crippen LogP contribution in [0.2, 0.25) is 0 Å². The molecule has 0 radical (unpaired) electrons. The highest BCUT2D eigenvalue weighted by Crippen LogP contribution is 2.65. The first-order valence-electron chi connectivity index (χ1n) is 8.94. The van der Waals surface area contributed by atoms with E-state index in [-0.39, 0.29) is 41.3 Å². The molecular weight excluding hydrogens is 312 g/mol. The van der Waals surface area contributed by atoms with Gasteiger partial charge in [-0.2, -0.15) is 0 Å². The number of ether oxygens (including phenoxy) is 4. The van der Waals surface area contributed by atoms with Crippen LogP contribution in [0.5, 0.6) is 0 Å². The minimum Gasteiger partial charge on any atom is -0.488 e. The van der Waals surface area contributed by atoms with Crippen molar-refractivity contribution in [3.63, 3.8) is 0 Å². The lowest BCUT2D eigenvalue weighted by atomic mass is 9.79. The van der Waals surface area contributed by atoms with Crippen molar-refractivity contribution in [2.75, 3.05) is 13.2 Å². The molecule has 1 spiro atoms. The number of hydrogen-bond donors (Lipinski definition) is 1. The quantitative estimate of drug-likeness (QED) is 0.838. The second-order valence-electron chi connectivity index (χ2n) is 7.81. The van der Waals surface area contributed by atoms with Gasteiger partial charge in [0.25, 0.3) is 0 Å². The summed E-state index contributed by atoms with van der Waals surface area (Å²) in [6, 6.07) is 0. The molecule has 0 bridgehead atoms. The first-order valence-corrected chi connectivity index (χ1v) is 8.94. The van der Waals surface area contributed by atoms with Gasteiger partial charge in [0.05, 0.1) is 12.2 Å². The SMILES string of the molecule is CC(C)OC1=C(OC(C)C)[C@@]2(O)[C@H]3OCC[C@H]3[C@@H]3CCO[C@@]32C1=O. The van der Waals surface area contributed by atoms with Gasteiger partial charge in [-0.15, -0.1) is 0 Å². The maximum atomic E-state index is 13.4. The Bertz CT molecular complexity index is 596. The van der Waals surface area contributed by atoms with E-state index < -0.39 is 17.3 Å². The number of carbonyl (C=O) groups excluding carboxylic acids is 1. The van der Waals surface area contributed by atoms with Gasteiger partial charge < -0.3 is 24.1 Å². The molecule has 24 heavy (non-hydrogen) atoms. The van der Waals surface area contributed by atoms with E-state index in [0.717, 1.165) is 12.8 Å². The standard InChI is InChI=1S/C18H26O6/c1-9(2)23-13-14(19)18-12(6-8-22-18)11-5-7-21-15(11)17(18,20)16(13)24-10(3)4/h9-12,15,20H,5-8H2,1-4H3/t11-,12-,15-,17-,18+/m0/s1. The topological polar surface area (TPSA) is 74.2 Å². The second-order valence-corrected chi connectivity index (χ2v) is 7.81. The predicted molar refractivity (Wildman–Crippen MR) is 84.1 cm³/mol. The van der Waals surface area contributed by atoms with Gasteiger partial charge in [0.15, 0.2) is 17.0 Å². The van der Waals surface area contributed by atoms with E-state index in [1.54, 1.807) is 0 Å². The Labute approximate surface area is 142 Å². The van der Waals surface area contributed by atoms with E-state index in [2.05, 4.69) is 0 Å². The number of hydrogen-bond acceptors (Lipinski definition) is 6. The molecule has 6 heteroatoms. The van der Waals surface area contributed by atoms with Crippen LogP contribution in [0, 0.1) is 11.8 Å². The predicted octanol–water partition coefficient (Wildman–Crippen LogP) is 1.56. The van der Waals surface area contributed by atoms with Gasteiger partial charge in [-0.05, 0) is 46.5 Å². The average Bonchev–Trinajstić information content (AvgIpc) is 3.19. The van der Waals surface area contributed by atoms with Crippen molar-refractivity contribution >= 4 is 5.78 Å². The molecule has 0 unspecified atom stereocenters. The third-order valence-corrected chi connectivity index (χ3v) is 5.72. The number of fused-ring (bicyclic) bond motifs is 3. The summed E-state index contributed by atoms with van der Waals surface area (Å²) < 4.78 is 23.6. The molecule has 2 saturated heterocycles. The van der Waals surface area contributed by atoms with Gasteiger partial charge in [0.2, 0.25) is 11.5 Å². The summed E-state index contributed by atoms with van der Waals surface area (Å²) in [5.41, 5.74) is -2.90. The number of aliphatic hydroxyl groups is 1. The summed E-state index contributed by atoms with van der Waals surface area (Å²) >= 11 is 0. The summed E-state index contributed by atoms with van der Waals surface area (Å²) in [6.07, 6.45) is 0.717. The van der Waals surface area contributed by atoms with Crippen molar-refractivity contribution in [2.45, 2.75) is 70.1 Å². The third kappa shape index (κ3) is 1.74. The zero-order valence-corrected chi connectivity index (χ0v) is 14.7. The van der Waals surface area contributed by atoms with Crippen LogP contribution in [0.15, 0.2) is 11.5 Å². The molecule has 0 amide bonds. The zero-order valence-electron chi connectivity index (χ0n) is 14.7. The van der Waals surface area contributed by atoms with E-state index in [1.165, 1.54) is 0 Å². The van der Waals surface area contributed by atoms with Gasteiger partial charge in [0.1, 0.15) is 6.10 Å². The first-order chi connectivity index (χ1) is 11.3. The minimum atomic E-state index is -1.60. The molecule has 2 aliphatic heterocycles. The highest BCUT2D eigenvalue weighted by molar-refractivity contribution is 6.07. The number of carbonyl (C=O) groups is 1. The summed E-state index contributed by atoms with van der Waals surface area (Å²) in [6.45, 7) is 8.50. The first kappa shape index (κ1) is 16.4. The molecule has 1 saturated carbocycles. The van der Waals surface area contributed by atoms with Gasteiger partial charge in [-0.3, -0.25) is 4.79 Å². The third-order valence-electron chi connectivity index (χ3n) is 5.72. The van der Waals surface area contributed by atoms with Crippen molar-refractivity contribution in [2.24, 2.45) is 11.8 Å². The monoisotopic (exact) mass is 338 g/mol. The van der Waals surface area contributed by atoms with Crippen molar-refractivity contribution in [3.05, 3.63) is 11.5 Å². The Morgan fingerprint density at radius 1 is 1.12 bits per heavy atom. The Morgan fingerprint density at radius 3 is 2.50 bits per heavy atom. The minimum absolute atomic E-state index is 0.0541. The fourth-order valence-corrected chi connectivity index (χ4v) is 5.10. The molecule has 134 valence electrons. The highest BCUT2D eigenvalue weighted by atomic mass is 16.6. The summed E-state index contributed by atoms with van der Waals surface area (Å²) in [4.78, 5) is 13.4. The Morgan fingerprint density at radius 2 is 1.83 bits per heavy atom. The zero-order chi connectivity index (χ0) is 17.3. The summed E-state index contributed by atoms with van der Waals surface area (Å²) in [7, 11) is 0. The molecule has 0 aromatic heterocycles. The Kier molecular flexibility index (Phi) is 3.54. The molecule has 4 aliphatic rings. The maximum absolute atomic E-state index is 13.4. The van der Waals surface area contributed by atoms with Gasteiger partial charge in [-0.1, -0.05) is 0 Å². The summed E-state index contributed by atoms with van der Waals surface area (Å²) in [5, 5.41) is 11.8. The average molecular weight is 338 g/mol.